The lowest BCUT2D eigenvalue weighted by Crippen LogP contribution is -2.47. The molecule has 0 bridgehead atoms. The molecule has 3 atom stereocenters. The van der Waals surface area contributed by atoms with Gasteiger partial charge in [0.2, 0.25) is 0 Å². The first-order chi connectivity index (χ1) is 10.8. The van der Waals surface area contributed by atoms with E-state index in [9.17, 15) is 4.79 Å². The fraction of sp³-hybridized carbons (Fsp3) is 0.737. The van der Waals surface area contributed by atoms with E-state index < -0.39 is 8.32 Å². The van der Waals surface area contributed by atoms with E-state index in [1.807, 2.05) is 6.08 Å². The normalized spacial score (nSPS) is 22.8. The molecular formula is C19H33NO3Si. The number of carbonyl (C=O) groups excluding carboxylic acids is 1. The number of epoxide rings is 1. The Morgan fingerprint density at radius 2 is 2.00 bits per heavy atom. The molecule has 5 heteroatoms. The summed E-state index contributed by atoms with van der Waals surface area (Å²) in [6, 6.07) is 0. The molecule has 24 heavy (non-hydrogen) atoms. The van der Waals surface area contributed by atoms with Crippen molar-refractivity contribution < 1.29 is 14.0 Å². The molecule has 4 nitrogen and oxygen atoms in total. The van der Waals surface area contributed by atoms with Crippen molar-refractivity contribution >= 4 is 14.2 Å². The maximum Gasteiger partial charge on any atom is 0.297 e. The van der Waals surface area contributed by atoms with Crippen LogP contribution in [0.15, 0.2) is 12.7 Å². The van der Waals surface area contributed by atoms with Gasteiger partial charge < -0.3 is 14.1 Å². The summed E-state index contributed by atoms with van der Waals surface area (Å²) < 4.78 is 12.2. The lowest BCUT2D eigenvalue weighted by Gasteiger charge is -2.41. The van der Waals surface area contributed by atoms with Crippen molar-refractivity contribution in [1.82, 2.24) is 4.90 Å². The van der Waals surface area contributed by atoms with E-state index in [0.29, 0.717) is 13.0 Å². The van der Waals surface area contributed by atoms with Gasteiger partial charge in [0.1, 0.15) is 0 Å². The van der Waals surface area contributed by atoms with Gasteiger partial charge >= 0.3 is 0 Å². The maximum atomic E-state index is 11.7. The van der Waals surface area contributed by atoms with E-state index in [2.05, 4.69) is 59.2 Å². The highest BCUT2D eigenvalue weighted by molar-refractivity contribution is 6.74. The lowest BCUT2D eigenvalue weighted by atomic mass is 9.86. The molecule has 1 aliphatic rings. The van der Waals surface area contributed by atoms with E-state index in [0.717, 1.165) is 0 Å². The Balaban J connectivity index is 2.94. The highest BCUT2D eigenvalue weighted by Crippen LogP contribution is 2.43. The van der Waals surface area contributed by atoms with E-state index in [1.165, 1.54) is 4.90 Å². The minimum absolute atomic E-state index is 0.0755. The lowest BCUT2D eigenvalue weighted by molar-refractivity contribution is -0.122. The third-order valence-corrected chi connectivity index (χ3v) is 9.65. The third kappa shape index (κ3) is 5.20. The Kier molecular flexibility index (Phi) is 6.48. The van der Waals surface area contributed by atoms with E-state index in [-0.39, 0.29) is 28.6 Å². The van der Waals surface area contributed by atoms with E-state index >= 15 is 0 Å². The summed E-state index contributed by atoms with van der Waals surface area (Å²) >= 11 is 0. The minimum Gasteiger partial charge on any atom is -0.410 e. The molecule has 1 amide bonds. The van der Waals surface area contributed by atoms with Crippen molar-refractivity contribution in [3.05, 3.63) is 12.7 Å². The zero-order valence-corrected chi connectivity index (χ0v) is 17.5. The summed E-state index contributed by atoms with van der Waals surface area (Å²) in [5.74, 6) is 5.60. The Bertz CT molecular complexity index is 533. The molecular weight excluding hydrogens is 318 g/mol. The monoisotopic (exact) mass is 351 g/mol. The summed E-state index contributed by atoms with van der Waals surface area (Å²) in [7, 11) is 1.47. The molecule has 1 unspecified atom stereocenters. The van der Waals surface area contributed by atoms with Crippen LogP contribution in [0.4, 0.5) is 0 Å². The van der Waals surface area contributed by atoms with Crippen molar-refractivity contribution in [2.75, 3.05) is 20.7 Å². The van der Waals surface area contributed by atoms with Gasteiger partial charge in [-0.15, -0.1) is 6.58 Å². The molecule has 0 radical (unpaired) electrons. The van der Waals surface area contributed by atoms with Crippen LogP contribution in [0.1, 0.15) is 34.1 Å². The average molecular weight is 352 g/mol. The van der Waals surface area contributed by atoms with Gasteiger partial charge in [-0.3, -0.25) is 4.79 Å². The van der Waals surface area contributed by atoms with Crippen molar-refractivity contribution in [3.63, 3.8) is 0 Å². The van der Waals surface area contributed by atoms with Crippen LogP contribution in [0.3, 0.4) is 0 Å². The number of carbonyl (C=O) groups is 1. The van der Waals surface area contributed by atoms with Crippen LogP contribution in [-0.2, 0) is 14.0 Å². The number of hydrogen-bond acceptors (Lipinski definition) is 3. The van der Waals surface area contributed by atoms with Gasteiger partial charge in [-0.25, -0.2) is 0 Å². The molecule has 1 aliphatic heterocycles. The topological polar surface area (TPSA) is 42.1 Å². The zero-order valence-electron chi connectivity index (χ0n) is 16.5. The van der Waals surface area contributed by atoms with Gasteiger partial charge in [0.05, 0.1) is 18.3 Å². The predicted molar refractivity (Wildman–Crippen MR) is 101 cm³/mol. The summed E-state index contributed by atoms with van der Waals surface area (Å²) in [4.78, 5) is 13.1. The van der Waals surface area contributed by atoms with Crippen LogP contribution in [0.5, 0.6) is 0 Å². The third-order valence-electron chi connectivity index (χ3n) is 5.17. The summed E-state index contributed by atoms with van der Waals surface area (Å²) in [5, 5.41) is 0.122. The van der Waals surface area contributed by atoms with Gasteiger partial charge in [-0.2, -0.15) is 0 Å². The first-order valence-corrected chi connectivity index (χ1v) is 11.4. The molecule has 0 aromatic heterocycles. The second-order valence-electron chi connectivity index (χ2n) is 8.49. The molecule has 1 rings (SSSR count). The van der Waals surface area contributed by atoms with E-state index in [1.54, 1.807) is 14.1 Å². The summed E-state index contributed by atoms with van der Waals surface area (Å²) in [6.45, 7) is 17.9. The predicted octanol–water partition coefficient (Wildman–Crippen LogP) is 3.45. The van der Waals surface area contributed by atoms with Crippen LogP contribution in [0.2, 0.25) is 18.1 Å². The number of hydrogen-bond donors (Lipinski definition) is 0. The van der Waals surface area contributed by atoms with Crippen molar-refractivity contribution in [2.45, 2.75) is 64.0 Å². The van der Waals surface area contributed by atoms with Crippen molar-refractivity contribution in [2.24, 2.45) is 5.92 Å². The first-order valence-electron chi connectivity index (χ1n) is 8.48. The largest absolute Gasteiger partial charge is 0.410 e. The van der Waals surface area contributed by atoms with Crippen molar-refractivity contribution in [3.8, 4) is 11.8 Å². The highest BCUT2D eigenvalue weighted by Gasteiger charge is 2.51. The minimum atomic E-state index is -1.93. The van der Waals surface area contributed by atoms with Gasteiger partial charge in [-0.1, -0.05) is 32.8 Å². The molecule has 136 valence electrons. The van der Waals surface area contributed by atoms with Crippen LogP contribution < -0.4 is 0 Å². The maximum absolute atomic E-state index is 11.7. The average Bonchev–Trinajstić information content (AvgIpc) is 3.18. The molecule has 0 spiro atoms. The fourth-order valence-corrected chi connectivity index (χ4v) is 3.46. The van der Waals surface area contributed by atoms with Crippen LogP contribution >= 0.6 is 0 Å². The van der Waals surface area contributed by atoms with Crippen LogP contribution in [-0.4, -0.2) is 51.5 Å². The molecule has 0 aliphatic carbocycles. The Hall–Kier alpha value is -1.09. The Morgan fingerprint density at radius 3 is 2.38 bits per heavy atom. The molecule has 0 aromatic rings. The van der Waals surface area contributed by atoms with Crippen LogP contribution in [0.25, 0.3) is 0 Å². The molecule has 1 saturated heterocycles. The Labute approximate surface area is 148 Å². The second kappa shape index (κ2) is 7.43. The van der Waals surface area contributed by atoms with Crippen LogP contribution in [0, 0.1) is 17.8 Å². The highest BCUT2D eigenvalue weighted by atomic mass is 28.4. The van der Waals surface area contributed by atoms with Gasteiger partial charge in [0, 0.05) is 26.4 Å². The smallest absolute Gasteiger partial charge is 0.297 e. The molecule has 0 aromatic carbocycles. The second-order valence-corrected chi connectivity index (χ2v) is 13.2. The summed E-state index contributed by atoms with van der Waals surface area (Å²) in [6.07, 6.45) is 2.30. The molecule has 0 N–H and O–H groups in total. The number of rotatable bonds is 6. The Morgan fingerprint density at radius 1 is 1.46 bits per heavy atom. The van der Waals surface area contributed by atoms with Crippen molar-refractivity contribution in [1.29, 1.82) is 0 Å². The zero-order chi connectivity index (χ0) is 18.8. The molecule has 1 heterocycles. The van der Waals surface area contributed by atoms with Gasteiger partial charge in [-0.05, 0) is 31.0 Å². The standard InChI is InChI=1S/C19H33NO3Si/c1-10-16(23-24(8,9)18(2,3)4)15(19(5)14-22-19)12-11-13-17(21)20(6)7/h10,15-16H,1,12,14H2,2-9H3/t15-,16-,19?/m0/s1. The van der Waals surface area contributed by atoms with Gasteiger partial charge in [0.15, 0.2) is 8.32 Å². The fourth-order valence-electron chi connectivity index (χ4n) is 2.17. The number of ether oxygens (including phenoxy) is 1. The molecule has 0 saturated carbocycles. The number of amides is 1. The van der Waals surface area contributed by atoms with E-state index in [4.69, 9.17) is 9.16 Å². The number of nitrogens with zero attached hydrogens (tertiary/aromatic N) is 1. The quantitative estimate of drug-likeness (QED) is 0.318. The van der Waals surface area contributed by atoms with Gasteiger partial charge in [0.25, 0.3) is 5.91 Å². The molecule has 1 fully saturated rings. The summed E-state index contributed by atoms with van der Waals surface area (Å²) in [5.41, 5.74) is -0.239. The first kappa shape index (κ1) is 21.0. The SMILES string of the molecule is C=C[C@H](O[Si](C)(C)C(C)(C)C)[C@H](CC#CC(=O)N(C)C)C1(C)CO1.